The van der Waals surface area contributed by atoms with E-state index in [1.54, 1.807) is 0 Å². The number of carbonyl (C=O) groups excluding carboxylic acids is 3. The van der Waals surface area contributed by atoms with Gasteiger partial charge in [0.1, 0.15) is 73.1 Å². The number of aliphatic carboxylic acids is 3. The van der Waals surface area contributed by atoms with Crippen molar-refractivity contribution in [3.8, 4) is 0 Å². The molecular formula is C30H41N3O22. The summed E-state index contributed by atoms with van der Waals surface area (Å²) in [6.45, 7) is -2.96. The summed E-state index contributed by atoms with van der Waals surface area (Å²) >= 11 is 0. The molecule has 0 aliphatic carbocycles. The first kappa shape index (κ1) is 44.9. The van der Waals surface area contributed by atoms with Crippen LogP contribution in [0.4, 0.5) is 0 Å². The second-order valence-electron chi connectivity index (χ2n) is 12.0. The van der Waals surface area contributed by atoms with Crippen LogP contribution in [0.5, 0.6) is 0 Å². The monoisotopic (exact) mass is 795 g/mol. The molecule has 0 radical (unpaired) electrons. The number of rotatable bonds is 16. The molecule has 3 rings (SSSR count). The van der Waals surface area contributed by atoms with Gasteiger partial charge in [-0.05, 0) is 0 Å². The number of carboxylic acids is 3. The molecule has 0 unspecified atom stereocenters. The van der Waals surface area contributed by atoms with E-state index in [1.165, 1.54) is 0 Å². The van der Waals surface area contributed by atoms with Crippen molar-refractivity contribution in [2.45, 2.75) is 91.9 Å². The molecule has 3 saturated heterocycles. The molecule has 25 heteroatoms. The van der Waals surface area contributed by atoms with Gasteiger partial charge in [-0.2, -0.15) is 0 Å². The lowest BCUT2D eigenvalue weighted by Crippen LogP contribution is -2.71. The Morgan fingerprint density at radius 3 is 1.22 bits per heavy atom. The lowest BCUT2D eigenvalue weighted by atomic mass is 9.93. The van der Waals surface area contributed by atoms with Crippen LogP contribution in [0.1, 0.15) is 0 Å². The fraction of sp³-hybridized carbons (Fsp3) is 0.600. The van der Waals surface area contributed by atoms with Crippen molar-refractivity contribution in [3.05, 3.63) is 36.5 Å². The number of carbonyl (C=O) groups is 6. The number of aliphatic hydroxyl groups excluding tert-OH is 8. The van der Waals surface area contributed by atoms with Gasteiger partial charge in [-0.15, -0.1) is 0 Å². The van der Waals surface area contributed by atoms with Crippen LogP contribution in [0.25, 0.3) is 0 Å². The molecule has 0 aromatic heterocycles. The predicted molar refractivity (Wildman–Crippen MR) is 169 cm³/mol. The van der Waals surface area contributed by atoms with Crippen LogP contribution in [-0.4, -0.2) is 204 Å². The molecule has 3 heterocycles. The Balaban J connectivity index is 1.98. The Morgan fingerprint density at radius 1 is 0.473 bits per heavy atom. The number of carboxylic acid groups (broad SMARTS) is 3. The van der Waals surface area contributed by atoms with E-state index in [2.05, 4.69) is 16.0 Å². The Labute approximate surface area is 308 Å². The Morgan fingerprint density at radius 2 is 0.818 bits per heavy atom. The highest BCUT2D eigenvalue weighted by molar-refractivity contribution is 5.95. The first-order valence-electron chi connectivity index (χ1n) is 16.1. The summed E-state index contributed by atoms with van der Waals surface area (Å²) < 4.78 is 28.1. The maximum absolute atomic E-state index is 12.8. The molecule has 0 saturated carbocycles. The van der Waals surface area contributed by atoms with E-state index in [4.69, 9.17) is 39.0 Å². The Hall–Kier alpha value is -4.48. The normalized spacial score (nSPS) is 36.8. The van der Waals surface area contributed by atoms with Crippen molar-refractivity contribution in [2.24, 2.45) is 0 Å². The lowest BCUT2D eigenvalue weighted by Gasteiger charge is -2.49. The van der Waals surface area contributed by atoms with E-state index >= 15 is 0 Å². The van der Waals surface area contributed by atoms with Crippen LogP contribution in [0.3, 0.4) is 0 Å². The summed E-state index contributed by atoms with van der Waals surface area (Å²) in [5, 5.41) is 117. The number of hydrogen-bond donors (Lipinski definition) is 14. The molecule has 0 bridgehead atoms. The molecule has 308 valence electrons. The molecule has 15 atom stereocenters. The van der Waals surface area contributed by atoms with Crippen molar-refractivity contribution >= 4 is 35.6 Å². The quantitative estimate of drug-likeness (QED) is 0.0645. The third-order valence-corrected chi connectivity index (χ3v) is 8.25. The number of ether oxygens (including phenoxy) is 5. The molecular weight excluding hydrogens is 754 g/mol. The van der Waals surface area contributed by atoms with Crippen molar-refractivity contribution in [3.63, 3.8) is 0 Å². The first-order chi connectivity index (χ1) is 25.9. The molecule has 0 aromatic rings. The van der Waals surface area contributed by atoms with Crippen LogP contribution < -0.4 is 16.0 Å². The number of nitrogens with one attached hydrogen (secondary N) is 3. The first-order valence-corrected chi connectivity index (χ1v) is 16.1. The van der Waals surface area contributed by atoms with Crippen molar-refractivity contribution in [1.29, 1.82) is 0 Å². The highest BCUT2D eigenvalue weighted by atomic mass is 16.7. The fourth-order valence-electron chi connectivity index (χ4n) is 5.65. The minimum Gasteiger partial charge on any atom is -0.478 e. The van der Waals surface area contributed by atoms with Crippen molar-refractivity contribution in [1.82, 2.24) is 16.0 Å². The molecule has 0 aromatic carbocycles. The average Bonchev–Trinajstić information content (AvgIpc) is 3.13. The standard InChI is InChI=1S/C30H41N3O22/c34-7-10-22(46)23(47)20(32-14(38)2-5-17(42)43)29(52-10)55-27-12(9-36)53-30(21(25(27)49)33-15(39)3-6-18(44)45)54-26-11(8-35)51-28(50)19(24(26)48)31-13(37)1-4-16(40)41/h1-6,10-12,19-30,34-36,46-50H,7-9H2,(H,31,37)(H,32,38)(H,33,39)(H,40,41)(H,42,43)(H,44,45)/b4-1-,5-2-,6-3-/t10-,11-,12-,19-,20-,21-,22-,23-,24-,25-,26-,27-,28-,29+,30+/m1/s1. The van der Waals surface area contributed by atoms with E-state index < -0.39 is 147 Å². The van der Waals surface area contributed by atoms with Gasteiger partial charge in [0.15, 0.2) is 18.9 Å². The van der Waals surface area contributed by atoms with E-state index in [-0.39, 0.29) is 0 Å². The second-order valence-corrected chi connectivity index (χ2v) is 12.0. The topological polar surface area (TPSA) is 407 Å². The van der Waals surface area contributed by atoms with Crippen molar-refractivity contribution < 1.29 is 109 Å². The van der Waals surface area contributed by atoms with Gasteiger partial charge in [0.05, 0.1) is 19.8 Å². The second kappa shape index (κ2) is 20.4. The summed E-state index contributed by atoms with van der Waals surface area (Å²) in [5.41, 5.74) is 0. The van der Waals surface area contributed by atoms with Gasteiger partial charge in [-0.3, -0.25) is 14.4 Å². The predicted octanol–water partition coefficient (Wildman–Crippen LogP) is -8.28. The molecule has 55 heavy (non-hydrogen) atoms. The minimum absolute atomic E-state index is 0.406. The van der Waals surface area contributed by atoms with Crippen LogP contribution in [0, 0.1) is 0 Å². The SMILES string of the molecule is O=C(O)/C=C\C(=O)N[C@@H]1[C@@H](O)[C@H](O[C@@H]2O[C@H](CO)[C@@H](O[C@@H]3O[C@H](CO)[C@@H](O)[C@H](O)[C@H]3NC(=O)/C=C\C(=O)O)[C@H](O)[C@H]2NC(=O)/C=C\C(=O)O)[C@@H](CO)O[C@H]1O. The largest absolute Gasteiger partial charge is 0.478 e. The molecule has 14 N–H and O–H groups in total. The van der Waals surface area contributed by atoms with E-state index in [9.17, 15) is 69.6 Å². The zero-order valence-corrected chi connectivity index (χ0v) is 28.2. The molecule has 25 nitrogen and oxygen atoms in total. The third-order valence-electron chi connectivity index (χ3n) is 8.25. The summed E-state index contributed by atoms with van der Waals surface area (Å²) in [5.74, 6) is -8.09. The zero-order chi connectivity index (χ0) is 41.1. The van der Waals surface area contributed by atoms with Gasteiger partial charge in [0, 0.05) is 36.5 Å². The van der Waals surface area contributed by atoms with Gasteiger partial charge in [-0.1, -0.05) is 0 Å². The summed E-state index contributed by atoms with van der Waals surface area (Å²) in [6, 6.07) is -5.45. The van der Waals surface area contributed by atoms with Crippen LogP contribution in [-0.2, 0) is 52.5 Å². The van der Waals surface area contributed by atoms with E-state index in [1.807, 2.05) is 0 Å². The molecule has 3 fully saturated rings. The summed E-state index contributed by atoms with van der Waals surface area (Å²) in [6.07, 6.45) is -19.8. The van der Waals surface area contributed by atoms with E-state index in [0.717, 1.165) is 0 Å². The molecule has 3 amide bonds. The molecule has 0 spiro atoms. The van der Waals surface area contributed by atoms with Crippen LogP contribution >= 0.6 is 0 Å². The van der Waals surface area contributed by atoms with E-state index in [0.29, 0.717) is 36.5 Å². The average molecular weight is 796 g/mol. The number of hydrogen-bond acceptors (Lipinski definition) is 19. The highest BCUT2D eigenvalue weighted by Crippen LogP contribution is 2.32. The third kappa shape index (κ3) is 12.0. The van der Waals surface area contributed by atoms with Crippen LogP contribution in [0.2, 0.25) is 0 Å². The van der Waals surface area contributed by atoms with Gasteiger partial charge >= 0.3 is 17.9 Å². The Bertz CT molecular complexity index is 1470. The zero-order valence-electron chi connectivity index (χ0n) is 28.2. The fourth-order valence-corrected chi connectivity index (χ4v) is 5.65. The molecule has 3 aliphatic rings. The number of aliphatic hydroxyl groups is 8. The number of amides is 3. The van der Waals surface area contributed by atoms with Crippen molar-refractivity contribution in [2.75, 3.05) is 19.8 Å². The Kier molecular flexibility index (Phi) is 16.7. The van der Waals surface area contributed by atoms with Gasteiger partial charge < -0.3 is 95.8 Å². The lowest BCUT2D eigenvalue weighted by molar-refractivity contribution is -0.351. The summed E-state index contributed by atoms with van der Waals surface area (Å²) in [4.78, 5) is 70.2. The van der Waals surface area contributed by atoms with Crippen LogP contribution in [0.15, 0.2) is 36.5 Å². The summed E-state index contributed by atoms with van der Waals surface area (Å²) in [7, 11) is 0. The smallest absolute Gasteiger partial charge is 0.328 e. The van der Waals surface area contributed by atoms with Gasteiger partial charge in [0.2, 0.25) is 17.7 Å². The minimum atomic E-state index is -2.13. The molecule has 3 aliphatic heterocycles. The van der Waals surface area contributed by atoms with Gasteiger partial charge in [-0.25, -0.2) is 14.4 Å². The van der Waals surface area contributed by atoms with Gasteiger partial charge in [0.25, 0.3) is 0 Å². The maximum Gasteiger partial charge on any atom is 0.328 e. The highest BCUT2D eigenvalue weighted by Gasteiger charge is 2.54. The maximum atomic E-state index is 12.8.